The third-order valence-corrected chi connectivity index (χ3v) is 4.20. The van der Waals surface area contributed by atoms with Crippen molar-refractivity contribution < 1.29 is 18.3 Å². The Hall–Kier alpha value is -2.22. The van der Waals surface area contributed by atoms with Crippen molar-refractivity contribution in [1.29, 1.82) is 0 Å². The van der Waals surface area contributed by atoms with Crippen LogP contribution in [0.15, 0.2) is 35.2 Å². The minimum atomic E-state index is -2.86. The number of ether oxygens (including phenoxy) is 1. The number of carbonyl (C=O) groups excluding carboxylic acids is 1. The van der Waals surface area contributed by atoms with Crippen molar-refractivity contribution in [3.63, 3.8) is 0 Å². The summed E-state index contributed by atoms with van der Waals surface area (Å²) in [6.45, 7) is -1.66. The maximum absolute atomic E-state index is 12.5. The third-order valence-electron chi connectivity index (χ3n) is 3.61. The SMILES string of the molecule is O=C(N[C@H]1CCN(c2ccccc2OC(F)F)C1)c1cscn1. The molecule has 3 rings (SSSR count). The Kier molecular flexibility index (Phi) is 4.71. The summed E-state index contributed by atoms with van der Waals surface area (Å²) in [5.41, 5.74) is 2.61. The Morgan fingerprint density at radius 3 is 3.00 bits per heavy atom. The van der Waals surface area contributed by atoms with Crippen LogP contribution < -0.4 is 15.0 Å². The van der Waals surface area contributed by atoms with Crippen LogP contribution in [0.1, 0.15) is 16.9 Å². The number of alkyl halides is 2. The molecule has 1 fully saturated rings. The quantitative estimate of drug-likeness (QED) is 0.910. The molecule has 1 aromatic heterocycles. The summed E-state index contributed by atoms with van der Waals surface area (Å²) in [4.78, 5) is 17.9. The van der Waals surface area contributed by atoms with E-state index >= 15 is 0 Å². The molecular weight excluding hydrogens is 324 g/mol. The lowest BCUT2D eigenvalue weighted by molar-refractivity contribution is -0.0495. The second kappa shape index (κ2) is 6.91. The number of carbonyl (C=O) groups is 1. The van der Waals surface area contributed by atoms with E-state index in [0.717, 1.165) is 6.42 Å². The monoisotopic (exact) mass is 339 g/mol. The molecule has 1 aromatic carbocycles. The molecule has 0 unspecified atom stereocenters. The summed E-state index contributed by atoms with van der Waals surface area (Å²) in [7, 11) is 0. The summed E-state index contributed by atoms with van der Waals surface area (Å²) < 4.78 is 29.5. The zero-order valence-corrected chi connectivity index (χ0v) is 12.9. The van der Waals surface area contributed by atoms with E-state index in [-0.39, 0.29) is 17.7 Å². The van der Waals surface area contributed by atoms with Crippen LogP contribution >= 0.6 is 11.3 Å². The molecule has 1 aliphatic heterocycles. The van der Waals surface area contributed by atoms with Crippen LogP contribution in [-0.2, 0) is 0 Å². The normalized spacial score (nSPS) is 17.5. The van der Waals surface area contributed by atoms with Crippen LogP contribution in [0.25, 0.3) is 0 Å². The minimum absolute atomic E-state index is 0.0520. The van der Waals surface area contributed by atoms with Gasteiger partial charge < -0.3 is 15.0 Å². The van der Waals surface area contributed by atoms with Crippen LogP contribution in [0.3, 0.4) is 0 Å². The van der Waals surface area contributed by atoms with Crippen molar-refractivity contribution in [3.05, 3.63) is 40.8 Å². The smallest absolute Gasteiger partial charge is 0.387 e. The molecular formula is C15H15F2N3O2S. The number of thiazole rings is 1. The molecule has 1 aliphatic rings. The second-order valence-corrected chi connectivity index (χ2v) is 5.84. The lowest BCUT2D eigenvalue weighted by Crippen LogP contribution is -2.37. The Balaban J connectivity index is 1.65. The Bertz CT molecular complexity index is 667. The van der Waals surface area contributed by atoms with Crippen LogP contribution in [0, 0.1) is 0 Å². The standard InChI is InChI=1S/C15H15F2N3O2S/c16-15(17)22-13-4-2-1-3-12(13)20-6-5-10(7-20)19-14(21)11-8-23-9-18-11/h1-4,8-10,15H,5-7H2,(H,19,21)/t10-/m0/s1. The van der Waals surface area contributed by atoms with E-state index < -0.39 is 6.61 Å². The second-order valence-electron chi connectivity index (χ2n) is 5.12. The topological polar surface area (TPSA) is 54.5 Å². The highest BCUT2D eigenvalue weighted by molar-refractivity contribution is 7.07. The summed E-state index contributed by atoms with van der Waals surface area (Å²) in [6.07, 6.45) is 0.735. The molecule has 0 bridgehead atoms. The largest absolute Gasteiger partial charge is 0.433 e. The zero-order valence-electron chi connectivity index (χ0n) is 12.1. The number of hydrogen-bond donors (Lipinski definition) is 1. The fraction of sp³-hybridized carbons (Fsp3) is 0.333. The van der Waals surface area contributed by atoms with E-state index in [9.17, 15) is 13.6 Å². The first-order chi connectivity index (χ1) is 11.1. The highest BCUT2D eigenvalue weighted by Crippen LogP contribution is 2.31. The van der Waals surface area contributed by atoms with Gasteiger partial charge >= 0.3 is 6.61 Å². The predicted octanol–water partition coefficient (Wildman–Crippen LogP) is 2.75. The summed E-state index contributed by atoms with van der Waals surface area (Å²) in [5, 5.41) is 4.60. The molecule has 8 heteroatoms. The first kappa shape index (κ1) is 15.7. The van der Waals surface area contributed by atoms with Gasteiger partial charge in [-0.05, 0) is 18.6 Å². The molecule has 5 nitrogen and oxygen atoms in total. The lowest BCUT2D eigenvalue weighted by atomic mass is 10.2. The van der Waals surface area contributed by atoms with Crippen molar-refractivity contribution in [2.75, 3.05) is 18.0 Å². The molecule has 0 spiro atoms. The van der Waals surface area contributed by atoms with E-state index in [0.29, 0.717) is 24.5 Å². The van der Waals surface area contributed by atoms with Crippen molar-refractivity contribution >= 4 is 22.9 Å². The van der Waals surface area contributed by atoms with Gasteiger partial charge in [0.2, 0.25) is 0 Å². The number of hydrogen-bond acceptors (Lipinski definition) is 5. The van der Waals surface area contributed by atoms with Crippen molar-refractivity contribution in [2.24, 2.45) is 0 Å². The number of anilines is 1. The fourth-order valence-corrected chi connectivity index (χ4v) is 3.13. The number of para-hydroxylation sites is 2. The molecule has 2 aromatic rings. The number of amides is 1. The van der Waals surface area contributed by atoms with Gasteiger partial charge in [-0.25, -0.2) is 4.98 Å². The van der Waals surface area contributed by atoms with Gasteiger partial charge in [0.05, 0.1) is 11.2 Å². The fourth-order valence-electron chi connectivity index (χ4n) is 2.59. The first-order valence-corrected chi connectivity index (χ1v) is 8.05. The molecule has 122 valence electrons. The van der Waals surface area contributed by atoms with E-state index in [1.165, 1.54) is 17.4 Å². The number of benzene rings is 1. The van der Waals surface area contributed by atoms with E-state index in [4.69, 9.17) is 0 Å². The number of aromatic nitrogens is 1. The van der Waals surface area contributed by atoms with Gasteiger partial charge in [-0.2, -0.15) is 8.78 Å². The predicted molar refractivity (Wildman–Crippen MR) is 83.3 cm³/mol. The first-order valence-electron chi connectivity index (χ1n) is 7.11. The number of halogens is 2. The van der Waals surface area contributed by atoms with Gasteiger partial charge in [-0.15, -0.1) is 11.3 Å². The molecule has 1 atom stereocenters. The number of rotatable bonds is 5. The van der Waals surface area contributed by atoms with Gasteiger partial charge in [0, 0.05) is 24.5 Å². The lowest BCUT2D eigenvalue weighted by Gasteiger charge is -2.21. The molecule has 23 heavy (non-hydrogen) atoms. The summed E-state index contributed by atoms with van der Waals surface area (Å²) >= 11 is 1.36. The van der Waals surface area contributed by atoms with Crippen LogP contribution in [0.5, 0.6) is 5.75 Å². The average molecular weight is 339 g/mol. The molecule has 2 heterocycles. The molecule has 1 saturated heterocycles. The van der Waals surface area contributed by atoms with Gasteiger partial charge in [-0.3, -0.25) is 4.79 Å². The van der Waals surface area contributed by atoms with E-state index in [2.05, 4.69) is 15.0 Å². The Morgan fingerprint density at radius 1 is 1.43 bits per heavy atom. The Labute approximate surface area is 135 Å². The van der Waals surface area contributed by atoms with Crippen LogP contribution in [0.4, 0.5) is 14.5 Å². The molecule has 0 saturated carbocycles. The minimum Gasteiger partial charge on any atom is -0.433 e. The number of nitrogens with zero attached hydrogens (tertiary/aromatic N) is 2. The highest BCUT2D eigenvalue weighted by atomic mass is 32.1. The van der Waals surface area contributed by atoms with Crippen molar-refractivity contribution in [1.82, 2.24) is 10.3 Å². The third kappa shape index (κ3) is 3.76. The maximum atomic E-state index is 12.5. The van der Waals surface area contributed by atoms with Crippen molar-refractivity contribution in [2.45, 2.75) is 19.1 Å². The molecule has 0 radical (unpaired) electrons. The van der Waals surface area contributed by atoms with Gasteiger partial charge in [0.15, 0.2) is 0 Å². The van der Waals surface area contributed by atoms with Gasteiger partial charge in [0.1, 0.15) is 11.4 Å². The van der Waals surface area contributed by atoms with E-state index in [1.54, 1.807) is 29.1 Å². The Morgan fingerprint density at radius 2 is 2.26 bits per heavy atom. The van der Waals surface area contributed by atoms with Crippen molar-refractivity contribution in [3.8, 4) is 5.75 Å². The van der Waals surface area contributed by atoms with Gasteiger partial charge in [-0.1, -0.05) is 12.1 Å². The number of nitrogens with one attached hydrogen (secondary N) is 1. The highest BCUT2D eigenvalue weighted by Gasteiger charge is 2.27. The molecule has 0 aliphatic carbocycles. The van der Waals surface area contributed by atoms with Crippen LogP contribution in [-0.4, -0.2) is 36.6 Å². The van der Waals surface area contributed by atoms with Crippen LogP contribution in [0.2, 0.25) is 0 Å². The van der Waals surface area contributed by atoms with Gasteiger partial charge in [0.25, 0.3) is 5.91 Å². The summed E-state index contributed by atoms with van der Waals surface area (Å²) in [6, 6.07) is 6.63. The summed E-state index contributed by atoms with van der Waals surface area (Å²) in [5.74, 6) is -0.0656. The van der Waals surface area contributed by atoms with E-state index in [1.807, 2.05) is 4.90 Å². The zero-order chi connectivity index (χ0) is 16.2. The molecule has 1 N–H and O–H groups in total. The molecule has 1 amide bonds. The maximum Gasteiger partial charge on any atom is 0.387 e. The average Bonchev–Trinajstić information content (AvgIpc) is 3.18.